The summed E-state index contributed by atoms with van der Waals surface area (Å²) in [5.41, 5.74) is 1.06. The second-order valence-electron chi connectivity index (χ2n) is 5.56. The molecule has 2 saturated heterocycles. The standard InChI is InChI=1S/C16H23NO3/c1-18-14-7-5-13(6-8-14)16-19-12-15(20-16)11-17-9-3-2-4-10-17/h5-8,15-16H,2-4,9-12H2,1H3/t15-,16-/m1/s1. The third-order valence-corrected chi connectivity index (χ3v) is 4.05. The number of methoxy groups -OCH3 is 1. The number of likely N-dealkylation sites (tertiary alicyclic amines) is 1. The van der Waals surface area contributed by atoms with Crippen LogP contribution in [0.4, 0.5) is 0 Å². The van der Waals surface area contributed by atoms with E-state index in [1.165, 1.54) is 32.4 Å². The summed E-state index contributed by atoms with van der Waals surface area (Å²) in [6.45, 7) is 4.08. The molecule has 4 nitrogen and oxygen atoms in total. The molecule has 0 aromatic heterocycles. The molecule has 2 aliphatic heterocycles. The van der Waals surface area contributed by atoms with Crippen LogP contribution in [-0.2, 0) is 9.47 Å². The topological polar surface area (TPSA) is 30.9 Å². The Morgan fingerprint density at radius 3 is 2.60 bits per heavy atom. The minimum absolute atomic E-state index is 0.195. The van der Waals surface area contributed by atoms with E-state index in [1.54, 1.807) is 7.11 Å². The van der Waals surface area contributed by atoms with E-state index in [-0.39, 0.29) is 12.4 Å². The second kappa shape index (κ2) is 6.57. The van der Waals surface area contributed by atoms with E-state index in [9.17, 15) is 0 Å². The molecule has 2 aliphatic rings. The maximum atomic E-state index is 6.02. The quantitative estimate of drug-likeness (QED) is 0.846. The summed E-state index contributed by atoms with van der Waals surface area (Å²) in [5.74, 6) is 0.858. The van der Waals surface area contributed by atoms with Crippen LogP contribution in [0.5, 0.6) is 5.75 Å². The predicted octanol–water partition coefficient (Wildman–Crippen LogP) is 2.60. The lowest BCUT2D eigenvalue weighted by Crippen LogP contribution is -2.37. The van der Waals surface area contributed by atoms with Crippen molar-refractivity contribution in [2.24, 2.45) is 0 Å². The first-order valence-corrected chi connectivity index (χ1v) is 7.48. The molecule has 2 fully saturated rings. The molecule has 2 atom stereocenters. The molecule has 0 N–H and O–H groups in total. The molecule has 0 bridgehead atoms. The molecule has 3 rings (SSSR count). The lowest BCUT2D eigenvalue weighted by molar-refractivity contribution is -0.0648. The highest BCUT2D eigenvalue weighted by Crippen LogP contribution is 2.28. The predicted molar refractivity (Wildman–Crippen MR) is 76.9 cm³/mol. The van der Waals surface area contributed by atoms with E-state index in [4.69, 9.17) is 14.2 Å². The van der Waals surface area contributed by atoms with Crippen molar-refractivity contribution in [3.8, 4) is 5.75 Å². The van der Waals surface area contributed by atoms with Crippen LogP contribution in [0, 0.1) is 0 Å². The van der Waals surface area contributed by atoms with Crippen molar-refractivity contribution in [3.63, 3.8) is 0 Å². The molecule has 4 heteroatoms. The second-order valence-corrected chi connectivity index (χ2v) is 5.56. The van der Waals surface area contributed by atoms with Gasteiger partial charge in [0.15, 0.2) is 6.29 Å². The molecule has 2 heterocycles. The number of hydrogen-bond donors (Lipinski definition) is 0. The van der Waals surface area contributed by atoms with Crippen molar-refractivity contribution >= 4 is 0 Å². The number of hydrogen-bond acceptors (Lipinski definition) is 4. The molecule has 0 amide bonds. The van der Waals surface area contributed by atoms with Gasteiger partial charge in [-0.05, 0) is 38.1 Å². The average Bonchev–Trinajstić information content (AvgIpc) is 2.97. The van der Waals surface area contributed by atoms with Gasteiger partial charge in [0.05, 0.1) is 19.8 Å². The van der Waals surface area contributed by atoms with Gasteiger partial charge in [-0.25, -0.2) is 0 Å². The number of rotatable bonds is 4. The van der Waals surface area contributed by atoms with Crippen LogP contribution in [-0.4, -0.2) is 44.4 Å². The molecule has 0 saturated carbocycles. The summed E-state index contributed by atoms with van der Waals surface area (Å²) in [4.78, 5) is 2.49. The van der Waals surface area contributed by atoms with Crippen molar-refractivity contribution in [1.29, 1.82) is 0 Å². The summed E-state index contributed by atoms with van der Waals surface area (Å²) in [7, 11) is 1.67. The summed E-state index contributed by atoms with van der Waals surface area (Å²) in [6.07, 6.45) is 3.97. The Bertz CT molecular complexity index is 414. The number of benzene rings is 1. The number of ether oxygens (including phenoxy) is 3. The van der Waals surface area contributed by atoms with E-state index >= 15 is 0 Å². The molecule has 0 aliphatic carbocycles. The highest BCUT2D eigenvalue weighted by Gasteiger charge is 2.29. The molecular weight excluding hydrogens is 254 g/mol. The molecule has 20 heavy (non-hydrogen) atoms. The molecule has 0 spiro atoms. The Balaban J connectivity index is 1.52. The van der Waals surface area contributed by atoms with Crippen LogP contribution in [0.1, 0.15) is 31.1 Å². The van der Waals surface area contributed by atoms with Crippen molar-refractivity contribution in [1.82, 2.24) is 4.90 Å². The van der Waals surface area contributed by atoms with E-state index in [1.807, 2.05) is 24.3 Å². The van der Waals surface area contributed by atoms with Gasteiger partial charge in [-0.15, -0.1) is 0 Å². The number of nitrogens with zero attached hydrogens (tertiary/aromatic N) is 1. The van der Waals surface area contributed by atoms with Crippen LogP contribution in [0.15, 0.2) is 24.3 Å². The maximum Gasteiger partial charge on any atom is 0.184 e. The smallest absolute Gasteiger partial charge is 0.184 e. The van der Waals surface area contributed by atoms with Gasteiger partial charge in [0.2, 0.25) is 0 Å². The number of piperidine rings is 1. The van der Waals surface area contributed by atoms with Crippen LogP contribution < -0.4 is 4.74 Å². The van der Waals surface area contributed by atoms with Gasteiger partial charge < -0.3 is 19.1 Å². The fourth-order valence-corrected chi connectivity index (χ4v) is 2.91. The fourth-order valence-electron chi connectivity index (χ4n) is 2.91. The van der Waals surface area contributed by atoms with Crippen molar-refractivity contribution < 1.29 is 14.2 Å². The molecule has 0 radical (unpaired) electrons. The third kappa shape index (κ3) is 3.32. The average molecular weight is 277 g/mol. The zero-order valence-corrected chi connectivity index (χ0v) is 12.1. The normalized spacial score (nSPS) is 27.6. The van der Waals surface area contributed by atoms with E-state index in [2.05, 4.69) is 4.90 Å². The maximum absolute atomic E-state index is 6.02. The van der Waals surface area contributed by atoms with Gasteiger partial charge in [-0.3, -0.25) is 0 Å². The molecule has 110 valence electrons. The van der Waals surface area contributed by atoms with Gasteiger partial charge in [0, 0.05) is 12.1 Å². The zero-order valence-electron chi connectivity index (χ0n) is 12.1. The van der Waals surface area contributed by atoms with E-state index in [0.717, 1.165) is 17.9 Å². The van der Waals surface area contributed by atoms with Crippen molar-refractivity contribution in [3.05, 3.63) is 29.8 Å². The Kier molecular flexibility index (Phi) is 4.55. The first kappa shape index (κ1) is 13.9. The molecule has 1 aromatic carbocycles. The highest BCUT2D eigenvalue weighted by molar-refractivity contribution is 5.28. The first-order chi connectivity index (χ1) is 9.85. The molecule has 0 unspecified atom stereocenters. The Morgan fingerprint density at radius 1 is 1.15 bits per heavy atom. The van der Waals surface area contributed by atoms with Crippen molar-refractivity contribution in [2.45, 2.75) is 31.7 Å². The fraction of sp³-hybridized carbons (Fsp3) is 0.625. The zero-order chi connectivity index (χ0) is 13.8. The Hall–Kier alpha value is -1.10. The Labute approximate surface area is 120 Å². The highest BCUT2D eigenvalue weighted by atomic mass is 16.7. The van der Waals surface area contributed by atoms with Gasteiger partial charge >= 0.3 is 0 Å². The molecular formula is C16H23NO3. The minimum atomic E-state index is -0.226. The van der Waals surface area contributed by atoms with Crippen LogP contribution in [0.25, 0.3) is 0 Å². The molecule has 1 aromatic rings. The summed E-state index contributed by atoms with van der Waals surface area (Å²) >= 11 is 0. The Morgan fingerprint density at radius 2 is 1.90 bits per heavy atom. The monoisotopic (exact) mass is 277 g/mol. The SMILES string of the molecule is COc1ccc([C@@H]2OC[C@@H](CN3CCCCC3)O2)cc1. The third-order valence-electron chi connectivity index (χ3n) is 4.05. The van der Waals surface area contributed by atoms with E-state index < -0.39 is 0 Å². The minimum Gasteiger partial charge on any atom is -0.497 e. The van der Waals surface area contributed by atoms with Gasteiger partial charge in [0.1, 0.15) is 5.75 Å². The lowest BCUT2D eigenvalue weighted by atomic mass is 10.1. The van der Waals surface area contributed by atoms with Gasteiger partial charge in [-0.2, -0.15) is 0 Å². The summed E-state index contributed by atoms with van der Waals surface area (Å²) < 4.78 is 17.0. The van der Waals surface area contributed by atoms with Crippen LogP contribution >= 0.6 is 0 Å². The van der Waals surface area contributed by atoms with Crippen LogP contribution in [0.2, 0.25) is 0 Å². The van der Waals surface area contributed by atoms with E-state index in [0.29, 0.717) is 6.61 Å². The lowest BCUT2D eigenvalue weighted by Gasteiger charge is -2.28. The first-order valence-electron chi connectivity index (χ1n) is 7.48. The van der Waals surface area contributed by atoms with Gasteiger partial charge in [-0.1, -0.05) is 18.6 Å². The van der Waals surface area contributed by atoms with Crippen molar-refractivity contribution in [2.75, 3.05) is 33.4 Å². The summed E-state index contributed by atoms with van der Waals surface area (Å²) in [6, 6.07) is 7.90. The van der Waals surface area contributed by atoms with Gasteiger partial charge in [0.25, 0.3) is 0 Å². The van der Waals surface area contributed by atoms with Crippen LogP contribution in [0.3, 0.4) is 0 Å². The largest absolute Gasteiger partial charge is 0.497 e. The summed E-state index contributed by atoms with van der Waals surface area (Å²) in [5, 5.41) is 0.